The number of hydrogen-bond acceptors (Lipinski definition) is 1. The van der Waals surface area contributed by atoms with Crippen molar-refractivity contribution >= 4 is 6.09 Å². The van der Waals surface area contributed by atoms with Crippen molar-refractivity contribution in [1.29, 1.82) is 0 Å². The first-order chi connectivity index (χ1) is 5.77. The summed E-state index contributed by atoms with van der Waals surface area (Å²) in [5, 5.41) is 8.64. The molecule has 2 aliphatic rings. The summed E-state index contributed by atoms with van der Waals surface area (Å²) in [4.78, 5) is 10.5. The fourth-order valence-electron chi connectivity index (χ4n) is 1.19. The summed E-state index contributed by atoms with van der Waals surface area (Å²) in [6, 6.07) is 7.51. The Morgan fingerprint density at radius 3 is 2.75 bits per heavy atom. The van der Waals surface area contributed by atoms with Crippen LogP contribution >= 0.6 is 0 Å². The molecular weight excluding hydrogens is 154 g/mol. The van der Waals surface area contributed by atoms with Gasteiger partial charge in [-0.3, -0.25) is 4.57 Å². The summed E-state index contributed by atoms with van der Waals surface area (Å²) in [6.07, 6.45) is 2.17. The van der Waals surface area contributed by atoms with E-state index in [1.807, 2.05) is 18.2 Å². The third-order valence-electron chi connectivity index (χ3n) is 1.80. The number of aromatic nitrogens is 1. The van der Waals surface area contributed by atoms with Crippen LogP contribution in [0.4, 0.5) is 4.79 Å². The first kappa shape index (κ1) is 6.91. The van der Waals surface area contributed by atoms with Crippen LogP contribution in [0.25, 0.3) is 11.1 Å². The van der Waals surface area contributed by atoms with E-state index in [2.05, 4.69) is 0 Å². The third kappa shape index (κ3) is 0.955. The molecule has 3 nitrogen and oxygen atoms in total. The lowest BCUT2D eigenvalue weighted by molar-refractivity contribution is 0.196. The standard InChI is InChI=1S/C9H7NO2/c11-9(12)10-5-4-7-2-1-3-8(7)6-10/h1-6H,(H,11,12). The van der Waals surface area contributed by atoms with Crippen molar-refractivity contribution in [2.45, 2.75) is 0 Å². The minimum absolute atomic E-state index is 0.944. The van der Waals surface area contributed by atoms with E-state index >= 15 is 0 Å². The molecule has 0 unspecified atom stereocenters. The highest BCUT2D eigenvalue weighted by molar-refractivity contribution is 5.73. The van der Waals surface area contributed by atoms with Gasteiger partial charge in [0.2, 0.25) is 0 Å². The molecule has 1 heterocycles. The van der Waals surface area contributed by atoms with E-state index in [1.165, 1.54) is 6.20 Å². The van der Waals surface area contributed by atoms with Gasteiger partial charge >= 0.3 is 6.09 Å². The van der Waals surface area contributed by atoms with Gasteiger partial charge in [0.25, 0.3) is 0 Å². The van der Waals surface area contributed by atoms with Crippen LogP contribution in [0.15, 0.2) is 36.7 Å². The summed E-state index contributed by atoms with van der Waals surface area (Å²) in [6.45, 7) is 0. The van der Waals surface area contributed by atoms with Crippen LogP contribution in [0, 0.1) is 0 Å². The van der Waals surface area contributed by atoms with E-state index in [-0.39, 0.29) is 0 Å². The number of carbonyl (C=O) groups is 1. The van der Waals surface area contributed by atoms with E-state index in [0.29, 0.717) is 0 Å². The van der Waals surface area contributed by atoms with Crippen LogP contribution < -0.4 is 0 Å². The maximum atomic E-state index is 10.5. The molecule has 0 spiro atoms. The van der Waals surface area contributed by atoms with Crippen molar-refractivity contribution in [3.05, 3.63) is 36.7 Å². The number of hydrogen-bond donors (Lipinski definition) is 1. The lowest BCUT2D eigenvalue weighted by Crippen LogP contribution is -2.07. The SMILES string of the molecule is O=C(O)n1ccc2cccc-2c1. The fourth-order valence-corrected chi connectivity index (χ4v) is 1.19. The molecule has 0 atom stereocenters. The van der Waals surface area contributed by atoms with Gasteiger partial charge in [-0.2, -0.15) is 0 Å². The molecule has 60 valence electrons. The number of nitrogens with zero attached hydrogens (tertiary/aromatic N) is 1. The monoisotopic (exact) mass is 161 g/mol. The van der Waals surface area contributed by atoms with Gasteiger partial charge in [-0.05, 0) is 17.2 Å². The molecule has 0 radical (unpaired) electrons. The van der Waals surface area contributed by atoms with Gasteiger partial charge in [-0.15, -0.1) is 0 Å². The van der Waals surface area contributed by atoms with Crippen LogP contribution in [-0.2, 0) is 0 Å². The molecule has 0 aromatic carbocycles. The molecule has 3 heteroatoms. The summed E-state index contributed by atoms with van der Waals surface area (Å²) < 4.78 is 1.14. The molecule has 0 saturated heterocycles. The van der Waals surface area contributed by atoms with Crippen molar-refractivity contribution < 1.29 is 9.90 Å². The predicted molar refractivity (Wildman–Crippen MR) is 44.5 cm³/mol. The van der Waals surface area contributed by atoms with Gasteiger partial charge in [0, 0.05) is 12.4 Å². The molecule has 0 bridgehead atoms. The minimum atomic E-state index is -0.960. The minimum Gasteiger partial charge on any atom is -0.464 e. The second-order valence-electron chi connectivity index (χ2n) is 2.57. The van der Waals surface area contributed by atoms with Crippen molar-refractivity contribution in [2.75, 3.05) is 0 Å². The molecule has 2 rings (SSSR count). The van der Waals surface area contributed by atoms with Gasteiger partial charge in [0.15, 0.2) is 0 Å². The van der Waals surface area contributed by atoms with Crippen molar-refractivity contribution in [1.82, 2.24) is 4.57 Å². The van der Waals surface area contributed by atoms with Gasteiger partial charge in [0.1, 0.15) is 0 Å². The first-order valence-electron chi connectivity index (χ1n) is 3.57. The Labute approximate surface area is 69.2 Å². The van der Waals surface area contributed by atoms with Crippen LogP contribution in [0.3, 0.4) is 0 Å². The Balaban J connectivity index is 2.62. The summed E-state index contributed by atoms with van der Waals surface area (Å²) in [7, 11) is 0. The zero-order chi connectivity index (χ0) is 8.55. The second kappa shape index (κ2) is 2.37. The zero-order valence-corrected chi connectivity index (χ0v) is 6.27. The molecule has 0 saturated carbocycles. The first-order valence-corrected chi connectivity index (χ1v) is 3.57. The van der Waals surface area contributed by atoms with Crippen molar-refractivity contribution in [3.63, 3.8) is 0 Å². The van der Waals surface area contributed by atoms with Gasteiger partial charge in [-0.25, -0.2) is 4.79 Å². The fraction of sp³-hybridized carbons (Fsp3) is 0. The molecule has 0 fully saturated rings. The third-order valence-corrected chi connectivity index (χ3v) is 1.80. The Morgan fingerprint density at radius 2 is 2.00 bits per heavy atom. The van der Waals surface area contributed by atoms with E-state index in [9.17, 15) is 4.79 Å². The number of fused-ring (bicyclic) bond motifs is 1. The zero-order valence-electron chi connectivity index (χ0n) is 6.27. The largest absolute Gasteiger partial charge is 0.464 e. The van der Waals surface area contributed by atoms with Gasteiger partial charge < -0.3 is 5.11 Å². The molecule has 1 N–H and O–H groups in total. The maximum absolute atomic E-state index is 10.5. The highest BCUT2D eigenvalue weighted by atomic mass is 16.4. The molecule has 0 aromatic rings. The van der Waals surface area contributed by atoms with Gasteiger partial charge in [-0.1, -0.05) is 18.2 Å². The molecule has 1 aliphatic carbocycles. The lowest BCUT2D eigenvalue weighted by atomic mass is 10.2. The Morgan fingerprint density at radius 1 is 1.25 bits per heavy atom. The van der Waals surface area contributed by atoms with E-state index in [1.54, 1.807) is 12.3 Å². The smallest absolute Gasteiger partial charge is 0.415 e. The summed E-state index contributed by atoms with van der Waals surface area (Å²) in [5.41, 5.74) is 2.01. The molecule has 0 amide bonds. The molecule has 0 aromatic heterocycles. The van der Waals surface area contributed by atoms with Crippen molar-refractivity contribution in [3.8, 4) is 11.1 Å². The van der Waals surface area contributed by atoms with Crippen molar-refractivity contribution in [2.24, 2.45) is 0 Å². The molecule has 12 heavy (non-hydrogen) atoms. The van der Waals surface area contributed by atoms with E-state index in [0.717, 1.165) is 15.7 Å². The number of pyridine rings is 1. The Bertz CT molecular complexity index is 392. The normalized spacial score (nSPS) is 10.3. The molecule has 1 aliphatic heterocycles. The highest BCUT2D eigenvalue weighted by Gasteiger charge is 2.04. The van der Waals surface area contributed by atoms with Crippen LogP contribution in [0.2, 0.25) is 0 Å². The summed E-state index contributed by atoms with van der Waals surface area (Å²) >= 11 is 0. The Hall–Kier alpha value is -1.77. The second-order valence-corrected chi connectivity index (χ2v) is 2.57. The average Bonchev–Trinajstić information content (AvgIpc) is 2.49. The van der Waals surface area contributed by atoms with E-state index in [4.69, 9.17) is 5.11 Å². The maximum Gasteiger partial charge on any atom is 0.415 e. The lowest BCUT2D eigenvalue weighted by Gasteiger charge is -2.02. The quantitative estimate of drug-likeness (QED) is 0.643. The number of carboxylic acid groups (broad SMARTS) is 1. The van der Waals surface area contributed by atoms with E-state index < -0.39 is 6.09 Å². The topological polar surface area (TPSA) is 42.2 Å². The molecular formula is C9H7NO2. The highest BCUT2D eigenvalue weighted by Crippen LogP contribution is 2.21. The van der Waals surface area contributed by atoms with Crippen LogP contribution in [0.1, 0.15) is 0 Å². The number of rotatable bonds is 0. The van der Waals surface area contributed by atoms with Gasteiger partial charge in [0.05, 0.1) is 0 Å². The predicted octanol–water partition coefficient (Wildman–Crippen LogP) is 2.12. The van der Waals surface area contributed by atoms with Crippen LogP contribution in [0.5, 0.6) is 0 Å². The summed E-state index contributed by atoms with van der Waals surface area (Å²) in [5.74, 6) is 0. The Kier molecular flexibility index (Phi) is 1.37. The van der Waals surface area contributed by atoms with Crippen LogP contribution in [-0.4, -0.2) is 15.8 Å². The average molecular weight is 161 g/mol.